The molecule has 3 aromatic carbocycles. The van der Waals surface area contributed by atoms with Gasteiger partial charge in [0.05, 0.1) is 16.8 Å². The van der Waals surface area contributed by atoms with Gasteiger partial charge in [0.25, 0.3) is 29.5 Å². The van der Waals surface area contributed by atoms with Crippen LogP contribution < -0.4 is 21.1 Å². The van der Waals surface area contributed by atoms with Crippen molar-refractivity contribution in [3.8, 4) is 5.75 Å². The molecule has 0 bridgehead atoms. The summed E-state index contributed by atoms with van der Waals surface area (Å²) in [6.45, 7) is 1.28. The zero-order chi connectivity index (χ0) is 31.5. The Morgan fingerprint density at radius 3 is 2.38 bits per heavy atom. The van der Waals surface area contributed by atoms with Crippen LogP contribution in [0.3, 0.4) is 0 Å². The van der Waals surface area contributed by atoms with Crippen LogP contribution in [0.2, 0.25) is 0 Å². The second-order valence-corrected chi connectivity index (χ2v) is 11.6. The summed E-state index contributed by atoms with van der Waals surface area (Å²) in [6.07, 6.45) is 5.34. The number of rotatable bonds is 12. The van der Waals surface area contributed by atoms with E-state index in [4.69, 9.17) is 10.5 Å². The predicted octanol–water partition coefficient (Wildman–Crippen LogP) is 4.19. The summed E-state index contributed by atoms with van der Waals surface area (Å²) in [7, 11) is 0. The van der Waals surface area contributed by atoms with E-state index in [1.54, 1.807) is 48.5 Å². The maximum absolute atomic E-state index is 13.5. The van der Waals surface area contributed by atoms with E-state index in [1.807, 2.05) is 17.0 Å². The van der Waals surface area contributed by atoms with E-state index >= 15 is 0 Å². The molecule has 4 N–H and O–H groups in total. The predicted molar refractivity (Wildman–Crippen MR) is 167 cm³/mol. The number of fused-ring (bicyclic) bond motifs is 2. The first-order valence-corrected chi connectivity index (χ1v) is 15.3. The largest absolute Gasteiger partial charge is 0.482 e. The lowest BCUT2D eigenvalue weighted by Crippen LogP contribution is -2.33. The average molecular weight is 610 g/mol. The van der Waals surface area contributed by atoms with Gasteiger partial charge >= 0.3 is 0 Å². The molecule has 1 fully saturated rings. The molecule has 0 radical (unpaired) electrons. The molecule has 6 rings (SSSR count). The van der Waals surface area contributed by atoms with Gasteiger partial charge in [0.15, 0.2) is 6.61 Å². The Bertz CT molecular complexity index is 1670. The van der Waals surface area contributed by atoms with Crippen LogP contribution in [0.25, 0.3) is 0 Å². The van der Waals surface area contributed by atoms with E-state index < -0.39 is 0 Å². The molecule has 3 aliphatic rings. The quantitative estimate of drug-likeness (QED) is 0.206. The Labute approximate surface area is 260 Å². The number of nitrogens with zero attached hydrogens (tertiary/aromatic N) is 2. The van der Waals surface area contributed by atoms with Crippen LogP contribution in [-0.2, 0) is 11.3 Å². The molecule has 1 saturated carbocycles. The van der Waals surface area contributed by atoms with Gasteiger partial charge in [-0.05, 0) is 86.3 Å². The van der Waals surface area contributed by atoms with Crippen LogP contribution in [-0.4, -0.2) is 65.1 Å². The molecule has 11 nitrogen and oxygen atoms in total. The van der Waals surface area contributed by atoms with Crippen molar-refractivity contribution < 1.29 is 28.7 Å². The Hall–Kier alpha value is -5.03. The number of anilines is 2. The molecule has 11 heteroatoms. The molecule has 45 heavy (non-hydrogen) atoms. The van der Waals surface area contributed by atoms with Gasteiger partial charge in [0, 0.05) is 35.9 Å². The third-order valence-corrected chi connectivity index (χ3v) is 8.24. The minimum absolute atomic E-state index is 0.0872. The third-order valence-electron chi connectivity index (χ3n) is 8.24. The first-order chi connectivity index (χ1) is 21.8. The molecule has 0 unspecified atom stereocenters. The molecule has 2 heterocycles. The van der Waals surface area contributed by atoms with E-state index in [1.165, 1.54) is 4.90 Å². The lowest BCUT2D eigenvalue weighted by atomic mass is 10.1. The Kier molecular flexibility index (Phi) is 8.61. The number of carbonyl (C=O) groups is 5. The van der Waals surface area contributed by atoms with Gasteiger partial charge in [-0.1, -0.05) is 25.0 Å². The summed E-state index contributed by atoms with van der Waals surface area (Å²) in [5.41, 5.74) is 8.89. The summed E-state index contributed by atoms with van der Waals surface area (Å²) in [6, 6.07) is 16.9. The maximum atomic E-state index is 13.5. The monoisotopic (exact) mass is 609 g/mol. The number of unbranched alkanes of at least 4 members (excludes halogenated alkanes) is 3. The van der Waals surface area contributed by atoms with Crippen molar-refractivity contribution >= 4 is 40.9 Å². The number of amides is 5. The van der Waals surface area contributed by atoms with Crippen molar-refractivity contribution in [1.29, 1.82) is 0 Å². The van der Waals surface area contributed by atoms with Crippen LogP contribution >= 0.6 is 0 Å². The first-order valence-electron chi connectivity index (χ1n) is 15.3. The highest BCUT2D eigenvalue weighted by Crippen LogP contribution is 2.33. The number of imide groups is 1. The van der Waals surface area contributed by atoms with Crippen molar-refractivity contribution in [3.05, 3.63) is 88.5 Å². The lowest BCUT2D eigenvalue weighted by molar-refractivity contribution is -0.118. The van der Waals surface area contributed by atoms with Crippen LogP contribution in [0.4, 0.5) is 11.4 Å². The summed E-state index contributed by atoms with van der Waals surface area (Å²) >= 11 is 0. The topological polar surface area (TPSA) is 151 Å². The van der Waals surface area contributed by atoms with Crippen LogP contribution in [0, 0.1) is 0 Å². The SMILES string of the molecule is NCCCCCCN1C(=O)c2ccc(NC(=O)c3ccc(CN(C(=O)c4ccc5c(c4)OCC(=O)N5)C4CC4)cc3)cc2C1=O. The number of hydrogen-bond acceptors (Lipinski definition) is 7. The standard InChI is InChI=1S/C34H35N5O6/c35-15-3-1-2-4-16-38-33(43)26-13-10-24(18-27(26)34(38)44)36-31(41)22-7-5-21(6-8-22)19-39(25-11-12-25)32(42)23-9-14-28-29(17-23)45-20-30(40)37-28/h5-10,13-14,17-18,25H,1-4,11-12,15-16,19-20,35H2,(H,36,41)(H,37,40). The molecule has 0 spiro atoms. The molecular weight excluding hydrogens is 574 g/mol. The van der Waals surface area contributed by atoms with E-state index in [9.17, 15) is 24.0 Å². The van der Waals surface area contributed by atoms with Gasteiger partial charge in [-0.25, -0.2) is 0 Å². The fourth-order valence-electron chi connectivity index (χ4n) is 5.63. The van der Waals surface area contributed by atoms with Gasteiger partial charge in [0.2, 0.25) is 0 Å². The molecule has 0 aromatic heterocycles. The Morgan fingerprint density at radius 2 is 1.62 bits per heavy atom. The second-order valence-electron chi connectivity index (χ2n) is 11.6. The molecule has 5 amide bonds. The van der Waals surface area contributed by atoms with Crippen LogP contribution in [0.5, 0.6) is 5.75 Å². The minimum atomic E-state index is -0.355. The zero-order valence-corrected chi connectivity index (χ0v) is 24.8. The van der Waals surface area contributed by atoms with Crippen LogP contribution in [0.1, 0.15) is 85.5 Å². The van der Waals surface area contributed by atoms with Gasteiger partial charge in [-0.15, -0.1) is 0 Å². The Morgan fingerprint density at radius 1 is 0.889 bits per heavy atom. The molecule has 232 valence electrons. The lowest BCUT2D eigenvalue weighted by Gasteiger charge is -2.24. The number of nitrogens with two attached hydrogens (primary N) is 1. The molecule has 0 saturated heterocycles. The minimum Gasteiger partial charge on any atom is -0.482 e. The molecule has 0 atom stereocenters. The zero-order valence-electron chi connectivity index (χ0n) is 24.8. The number of carbonyl (C=O) groups excluding carboxylic acids is 5. The molecule has 1 aliphatic carbocycles. The Balaban J connectivity index is 1.08. The normalized spacial score (nSPS) is 15.2. The highest BCUT2D eigenvalue weighted by molar-refractivity contribution is 6.22. The first kappa shape index (κ1) is 30.0. The highest BCUT2D eigenvalue weighted by Gasteiger charge is 2.36. The van der Waals surface area contributed by atoms with Crippen molar-refractivity contribution in [2.45, 2.75) is 51.1 Å². The van der Waals surface area contributed by atoms with E-state index in [2.05, 4.69) is 10.6 Å². The molecule has 3 aromatic rings. The maximum Gasteiger partial charge on any atom is 0.262 e. The van der Waals surface area contributed by atoms with Crippen molar-refractivity contribution in [2.75, 3.05) is 30.3 Å². The van der Waals surface area contributed by atoms with Crippen molar-refractivity contribution in [3.63, 3.8) is 0 Å². The highest BCUT2D eigenvalue weighted by atomic mass is 16.5. The summed E-state index contributed by atoms with van der Waals surface area (Å²) < 4.78 is 5.48. The van der Waals surface area contributed by atoms with Gasteiger partial charge in [-0.2, -0.15) is 0 Å². The smallest absolute Gasteiger partial charge is 0.262 e. The number of nitrogens with one attached hydrogen (secondary N) is 2. The van der Waals surface area contributed by atoms with Crippen molar-refractivity contribution in [1.82, 2.24) is 9.80 Å². The average Bonchev–Trinajstić information content (AvgIpc) is 3.86. The molecular formula is C34H35N5O6. The molecule has 2 aliphatic heterocycles. The van der Waals surface area contributed by atoms with E-state index in [-0.39, 0.29) is 47.7 Å². The summed E-state index contributed by atoms with van der Waals surface area (Å²) in [4.78, 5) is 66.9. The third kappa shape index (κ3) is 6.58. The van der Waals surface area contributed by atoms with E-state index in [0.717, 1.165) is 44.1 Å². The summed E-state index contributed by atoms with van der Waals surface area (Å²) in [5.74, 6) is -0.904. The summed E-state index contributed by atoms with van der Waals surface area (Å²) in [5, 5.41) is 5.56. The number of hydrogen-bond donors (Lipinski definition) is 3. The van der Waals surface area contributed by atoms with Crippen molar-refractivity contribution in [2.24, 2.45) is 5.73 Å². The van der Waals surface area contributed by atoms with E-state index in [0.29, 0.717) is 53.4 Å². The number of ether oxygens (including phenoxy) is 1. The van der Waals surface area contributed by atoms with Crippen LogP contribution in [0.15, 0.2) is 60.7 Å². The van der Waals surface area contributed by atoms with Gasteiger partial charge in [0.1, 0.15) is 5.75 Å². The number of benzene rings is 3. The van der Waals surface area contributed by atoms with Gasteiger partial charge < -0.3 is 26.0 Å². The fraction of sp³-hybridized carbons (Fsp3) is 0.324. The van der Waals surface area contributed by atoms with Gasteiger partial charge in [-0.3, -0.25) is 28.9 Å². The fourth-order valence-corrected chi connectivity index (χ4v) is 5.63. The second kappa shape index (κ2) is 12.9.